The highest BCUT2D eigenvalue weighted by Gasteiger charge is 2.17. The fraction of sp³-hybridized carbons (Fsp3) is 0.160. The van der Waals surface area contributed by atoms with E-state index in [0.29, 0.717) is 17.3 Å². The highest BCUT2D eigenvalue weighted by atomic mass is 16.5. The maximum atomic E-state index is 12.7. The van der Waals surface area contributed by atoms with Crippen molar-refractivity contribution in [2.24, 2.45) is 0 Å². The highest BCUT2D eigenvalue weighted by molar-refractivity contribution is 5.92. The molecule has 0 spiro atoms. The number of hydrogen-bond donors (Lipinski definition) is 1. The third-order valence-corrected chi connectivity index (χ3v) is 4.96. The van der Waals surface area contributed by atoms with E-state index in [1.807, 2.05) is 55.5 Å². The third-order valence-electron chi connectivity index (χ3n) is 4.96. The number of carbonyl (C=O) groups is 1. The first kappa shape index (κ1) is 19.6. The molecule has 30 heavy (non-hydrogen) atoms. The minimum atomic E-state index is -0.265. The van der Waals surface area contributed by atoms with Gasteiger partial charge in [-0.2, -0.15) is 0 Å². The molecule has 0 aliphatic heterocycles. The Morgan fingerprint density at radius 1 is 0.933 bits per heavy atom. The zero-order chi connectivity index (χ0) is 20.9. The smallest absolute Gasteiger partial charge is 0.287 e. The van der Waals surface area contributed by atoms with E-state index in [9.17, 15) is 4.79 Å². The minimum Gasteiger partial charge on any atom is -0.493 e. The number of carbonyl (C=O) groups excluding carboxylic acids is 1. The Bertz CT molecular complexity index is 1160. The van der Waals surface area contributed by atoms with Crippen LogP contribution in [0.3, 0.4) is 0 Å². The lowest BCUT2D eigenvalue weighted by Gasteiger charge is -2.16. The molecule has 1 unspecified atom stereocenters. The van der Waals surface area contributed by atoms with Crippen LogP contribution in [0.15, 0.2) is 83.3 Å². The van der Waals surface area contributed by atoms with Crippen LogP contribution in [0.2, 0.25) is 0 Å². The van der Waals surface area contributed by atoms with Crippen LogP contribution >= 0.6 is 0 Å². The molecule has 0 bridgehead atoms. The molecule has 3 aromatic carbocycles. The van der Waals surface area contributed by atoms with Gasteiger partial charge in [0.05, 0.1) is 13.2 Å². The van der Waals surface area contributed by atoms with Crippen LogP contribution in [0, 0.1) is 0 Å². The second-order valence-corrected chi connectivity index (χ2v) is 6.97. The predicted molar refractivity (Wildman–Crippen MR) is 116 cm³/mol. The summed E-state index contributed by atoms with van der Waals surface area (Å²) in [6, 6.07) is 24.9. The van der Waals surface area contributed by atoms with Crippen molar-refractivity contribution in [3.63, 3.8) is 0 Å². The molecule has 5 heteroatoms. The van der Waals surface area contributed by atoms with Crippen LogP contribution in [-0.2, 0) is 6.61 Å². The molecule has 5 nitrogen and oxygen atoms in total. The van der Waals surface area contributed by atoms with Gasteiger partial charge in [-0.25, -0.2) is 0 Å². The fourth-order valence-electron chi connectivity index (χ4n) is 3.44. The highest BCUT2D eigenvalue weighted by Crippen LogP contribution is 2.27. The SMILES string of the molecule is COc1ccccc1OCc1ccc(C(=O)NC(C)c2cccc3ccccc23)o1. The topological polar surface area (TPSA) is 60.7 Å². The second-order valence-electron chi connectivity index (χ2n) is 6.97. The Hall–Kier alpha value is -3.73. The summed E-state index contributed by atoms with van der Waals surface area (Å²) in [6.45, 7) is 2.17. The monoisotopic (exact) mass is 401 g/mol. The van der Waals surface area contributed by atoms with Gasteiger partial charge in [-0.15, -0.1) is 0 Å². The summed E-state index contributed by atoms with van der Waals surface area (Å²) in [5.74, 6) is 1.81. The summed E-state index contributed by atoms with van der Waals surface area (Å²) in [5, 5.41) is 5.28. The van der Waals surface area contributed by atoms with Gasteiger partial charge in [-0.1, -0.05) is 54.6 Å². The summed E-state index contributed by atoms with van der Waals surface area (Å²) < 4.78 is 16.7. The molecule has 0 radical (unpaired) electrons. The molecule has 0 aliphatic carbocycles. The zero-order valence-electron chi connectivity index (χ0n) is 16.9. The lowest BCUT2D eigenvalue weighted by atomic mass is 9.99. The molecule has 0 saturated heterocycles. The van der Waals surface area contributed by atoms with Gasteiger partial charge in [-0.3, -0.25) is 4.79 Å². The van der Waals surface area contributed by atoms with Crippen molar-refractivity contribution < 1.29 is 18.7 Å². The Labute approximate surface area is 175 Å². The number of fused-ring (bicyclic) bond motifs is 1. The van der Waals surface area contributed by atoms with E-state index in [4.69, 9.17) is 13.9 Å². The number of hydrogen-bond acceptors (Lipinski definition) is 4. The summed E-state index contributed by atoms with van der Waals surface area (Å²) in [5.41, 5.74) is 1.06. The van der Waals surface area contributed by atoms with Crippen molar-refractivity contribution >= 4 is 16.7 Å². The van der Waals surface area contributed by atoms with Gasteiger partial charge < -0.3 is 19.2 Å². The molecule has 4 aromatic rings. The van der Waals surface area contributed by atoms with Crippen molar-refractivity contribution in [2.45, 2.75) is 19.6 Å². The Balaban J connectivity index is 1.42. The first-order valence-corrected chi connectivity index (χ1v) is 9.79. The van der Waals surface area contributed by atoms with Crippen molar-refractivity contribution in [3.05, 3.63) is 95.9 Å². The Kier molecular flexibility index (Phi) is 5.70. The number of benzene rings is 3. The van der Waals surface area contributed by atoms with E-state index in [1.54, 1.807) is 19.2 Å². The van der Waals surface area contributed by atoms with Crippen LogP contribution in [0.25, 0.3) is 10.8 Å². The largest absolute Gasteiger partial charge is 0.493 e. The van der Waals surface area contributed by atoms with Gasteiger partial charge in [0.15, 0.2) is 17.3 Å². The molecular weight excluding hydrogens is 378 g/mol. The molecule has 1 aromatic heterocycles. The zero-order valence-corrected chi connectivity index (χ0v) is 16.9. The number of nitrogens with one attached hydrogen (secondary N) is 1. The molecule has 0 aliphatic rings. The third kappa shape index (κ3) is 4.15. The van der Waals surface area contributed by atoms with E-state index in [1.165, 1.54) is 0 Å². The van der Waals surface area contributed by atoms with Crippen LogP contribution in [0.1, 0.15) is 34.8 Å². The van der Waals surface area contributed by atoms with Gasteiger partial charge in [0.2, 0.25) is 0 Å². The van der Waals surface area contributed by atoms with E-state index in [0.717, 1.165) is 16.3 Å². The number of furan rings is 1. The number of para-hydroxylation sites is 2. The summed E-state index contributed by atoms with van der Waals surface area (Å²) in [6.07, 6.45) is 0. The maximum absolute atomic E-state index is 12.7. The molecule has 1 N–H and O–H groups in total. The average molecular weight is 401 g/mol. The molecular formula is C25H23NO4. The molecule has 0 fully saturated rings. The van der Waals surface area contributed by atoms with Crippen LogP contribution < -0.4 is 14.8 Å². The van der Waals surface area contributed by atoms with Crippen LogP contribution in [0.5, 0.6) is 11.5 Å². The van der Waals surface area contributed by atoms with Crippen molar-refractivity contribution in [3.8, 4) is 11.5 Å². The predicted octanol–water partition coefficient (Wildman–Crippen LogP) is 5.51. The van der Waals surface area contributed by atoms with Crippen molar-refractivity contribution in [2.75, 3.05) is 7.11 Å². The average Bonchev–Trinajstić information content (AvgIpc) is 3.26. The van der Waals surface area contributed by atoms with Gasteiger partial charge in [0, 0.05) is 0 Å². The molecule has 1 heterocycles. The first-order valence-electron chi connectivity index (χ1n) is 9.79. The van der Waals surface area contributed by atoms with Gasteiger partial charge in [0.1, 0.15) is 12.4 Å². The second kappa shape index (κ2) is 8.74. The van der Waals surface area contributed by atoms with Gasteiger partial charge >= 0.3 is 0 Å². The Morgan fingerprint density at radius 2 is 1.67 bits per heavy atom. The number of ether oxygens (including phenoxy) is 2. The Morgan fingerprint density at radius 3 is 2.50 bits per heavy atom. The number of rotatable bonds is 7. The van der Waals surface area contributed by atoms with Gasteiger partial charge in [-0.05, 0) is 47.5 Å². The number of methoxy groups -OCH3 is 1. The van der Waals surface area contributed by atoms with E-state index in [-0.39, 0.29) is 24.3 Å². The molecule has 1 amide bonds. The fourth-order valence-corrected chi connectivity index (χ4v) is 3.44. The molecule has 152 valence electrons. The minimum absolute atomic E-state index is 0.165. The standard InChI is InChI=1S/C25H23NO4/c1-17(20-11-7-9-18-8-3-4-10-21(18)20)26-25(27)24-15-14-19(30-24)16-29-23-13-6-5-12-22(23)28-2/h3-15,17H,16H2,1-2H3,(H,26,27). The van der Waals surface area contributed by atoms with Crippen molar-refractivity contribution in [1.82, 2.24) is 5.32 Å². The van der Waals surface area contributed by atoms with Crippen LogP contribution in [-0.4, -0.2) is 13.0 Å². The lowest BCUT2D eigenvalue weighted by Crippen LogP contribution is -2.26. The van der Waals surface area contributed by atoms with Gasteiger partial charge in [0.25, 0.3) is 5.91 Å². The van der Waals surface area contributed by atoms with E-state index in [2.05, 4.69) is 23.5 Å². The first-order chi connectivity index (χ1) is 14.7. The number of amides is 1. The maximum Gasteiger partial charge on any atom is 0.287 e. The summed E-state index contributed by atoms with van der Waals surface area (Å²) in [4.78, 5) is 12.7. The molecule has 1 atom stereocenters. The molecule has 0 saturated carbocycles. The molecule has 4 rings (SSSR count). The van der Waals surface area contributed by atoms with Crippen LogP contribution in [0.4, 0.5) is 0 Å². The van der Waals surface area contributed by atoms with E-state index >= 15 is 0 Å². The quantitative estimate of drug-likeness (QED) is 0.443. The summed E-state index contributed by atoms with van der Waals surface area (Å²) >= 11 is 0. The lowest BCUT2D eigenvalue weighted by molar-refractivity contribution is 0.0908. The summed E-state index contributed by atoms with van der Waals surface area (Å²) in [7, 11) is 1.59. The normalized spacial score (nSPS) is 11.8. The van der Waals surface area contributed by atoms with Crippen molar-refractivity contribution in [1.29, 1.82) is 0 Å². The van der Waals surface area contributed by atoms with E-state index < -0.39 is 0 Å².